The number of carbonyl (C=O) groups excluding carboxylic acids is 1. The monoisotopic (exact) mass is 240 g/mol. The molecule has 0 radical (unpaired) electrons. The normalized spacial score (nSPS) is 10.1. The Morgan fingerprint density at radius 1 is 1.28 bits per heavy atom. The van der Waals surface area contributed by atoms with Crippen molar-refractivity contribution in [3.8, 4) is 0 Å². The summed E-state index contributed by atoms with van der Waals surface area (Å²) in [6.45, 7) is 4.08. The molecule has 0 saturated heterocycles. The Balaban J connectivity index is 2.03. The lowest BCUT2D eigenvalue weighted by Gasteiger charge is -2.07. The summed E-state index contributed by atoms with van der Waals surface area (Å²) in [7, 11) is 0. The molecule has 0 unspecified atom stereocenters. The van der Waals surface area contributed by atoms with Crippen LogP contribution in [0.3, 0.4) is 0 Å². The van der Waals surface area contributed by atoms with Gasteiger partial charge in [0.05, 0.1) is 18.3 Å². The number of carbonyl (C=O) groups is 1. The van der Waals surface area contributed by atoms with Crippen molar-refractivity contribution in [3.63, 3.8) is 0 Å². The SMILES string of the molecule is Cc1ccc(CC(=O)Nc2cccnc2)c(C)c1. The van der Waals surface area contributed by atoms with Crippen LogP contribution in [0.2, 0.25) is 0 Å². The highest BCUT2D eigenvalue weighted by atomic mass is 16.1. The van der Waals surface area contributed by atoms with E-state index in [9.17, 15) is 4.79 Å². The van der Waals surface area contributed by atoms with Crippen molar-refractivity contribution in [3.05, 3.63) is 59.4 Å². The van der Waals surface area contributed by atoms with Crippen LogP contribution in [0, 0.1) is 13.8 Å². The molecule has 92 valence electrons. The summed E-state index contributed by atoms with van der Waals surface area (Å²) < 4.78 is 0. The van der Waals surface area contributed by atoms with Crippen molar-refractivity contribution in [1.29, 1.82) is 0 Å². The second kappa shape index (κ2) is 5.45. The van der Waals surface area contributed by atoms with Gasteiger partial charge >= 0.3 is 0 Å². The molecule has 0 aliphatic carbocycles. The predicted octanol–water partition coefficient (Wildman–Crippen LogP) is 2.88. The maximum Gasteiger partial charge on any atom is 0.228 e. The number of aromatic nitrogens is 1. The first-order valence-corrected chi connectivity index (χ1v) is 5.91. The van der Waals surface area contributed by atoms with Gasteiger partial charge in [-0.25, -0.2) is 0 Å². The lowest BCUT2D eigenvalue weighted by molar-refractivity contribution is -0.115. The zero-order chi connectivity index (χ0) is 13.0. The minimum absolute atomic E-state index is 0.0186. The molecule has 1 aromatic carbocycles. The van der Waals surface area contributed by atoms with E-state index in [1.807, 2.05) is 32.0 Å². The molecule has 18 heavy (non-hydrogen) atoms. The van der Waals surface area contributed by atoms with Crippen LogP contribution in [0.5, 0.6) is 0 Å². The van der Waals surface area contributed by atoms with Crippen molar-refractivity contribution in [2.75, 3.05) is 5.32 Å². The standard InChI is InChI=1S/C15H16N2O/c1-11-5-6-13(12(2)8-11)9-15(18)17-14-4-3-7-16-10-14/h3-8,10H,9H2,1-2H3,(H,17,18). The molecule has 2 rings (SSSR count). The highest BCUT2D eigenvalue weighted by Crippen LogP contribution is 2.12. The minimum atomic E-state index is -0.0186. The van der Waals surface area contributed by atoms with E-state index in [2.05, 4.69) is 16.4 Å². The number of amides is 1. The molecule has 1 aromatic heterocycles. The average molecular weight is 240 g/mol. The van der Waals surface area contributed by atoms with Crippen molar-refractivity contribution in [2.45, 2.75) is 20.3 Å². The van der Waals surface area contributed by atoms with Gasteiger partial charge in [-0.1, -0.05) is 23.8 Å². The summed E-state index contributed by atoms with van der Waals surface area (Å²) in [5, 5.41) is 2.83. The van der Waals surface area contributed by atoms with Crippen LogP contribution in [-0.4, -0.2) is 10.9 Å². The van der Waals surface area contributed by atoms with Gasteiger partial charge in [0.15, 0.2) is 0 Å². The fourth-order valence-electron chi connectivity index (χ4n) is 1.86. The second-order valence-electron chi connectivity index (χ2n) is 4.40. The Kier molecular flexibility index (Phi) is 3.72. The van der Waals surface area contributed by atoms with E-state index >= 15 is 0 Å². The van der Waals surface area contributed by atoms with Crippen LogP contribution in [-0.2, 0) is 11.2 Å². The van der Waals surface area contributed by atoms with Gasteiger partial charge < -0.3 is 5.32 Å². The van der Waals surface area contributed by atoms with E-state index in [-0.39, 0.29) is 5.91 Å². The zero-order valence-corrected chi connectivity index (χ0v) is 10.6. The molecular weight excluding hydrogens is 224 g/mol. The maximum atomic E-state index is 11.9. The summed E-state index contributed by atoms with van der Waals surface area (Å²) in [5.41, 5.74) is 4.15. The number of aryl methyl sites for hydroxylation is 2. The van der Waals surface area contributed by atoms with Crippen LogP contribution in [0.1, 0.15) is 16.7 Å². The summed E-state index contributed by atoms with van der Waals surface area (Å²) in [5.74, 6) is -0.0186. The molecule has 3 heteroatoms. The number of anilines is 1. The lowest BCUT2D eigenvalue weighted by Crippen LogP contribution is -2.15. The molecule has 1 heterocycles. The zero-order valence-electron chi connectivity index (χ0n) is 10.6. The van der Waals surface area contributed by atoms with Crippen molar-refractivity contribution < 1.29 is 4.79 Å². The molecule has 1 N–H and O–H groups in total. The van der Waals surface area contributed by atoms with Crippen LogP contribution in [0.4, 0.5) is 5.69 Å². The Hall–Kier alpha value is -2.16. The van der Waals surface area contributed by atoms with Gasteiger partial charge in [0.2, 0.25) is 5.91 Å². The van der Waals surface area contributed by atoms with Gasteiger partial charge in [0, 0.05) is 6.20 Å². The Morgan fingerprint density at radius 3 is 2.78 bits per heavy atom. The van der Waals surface area contributed by atoms with Gasteiger partial charge in [0.25, 0.3) is 0 Å². The topological polar surface area (TPSA) is 42.0 Å². The summed E-state index contributed by atoms with van der Waals surface area (Å²) in [6, 6.07) is 9.75. The summed E-state index contributed by atoms with van der Waals surface area (Å²) in [4.78, 5) is 15.8. The molecule has 1 amide bonds. The smallest absolute Gasteiger partial charge is 0.228 e. The maximum absolute atomic E-state index is 11.9. The largest absolute Gasteiger partial charge is 0.324 e. The molecule has 0 aliphatic heterocycles. The third-order valence-electron chi connectivity index (χ3n) is 2.79. The quantitative estimate of drug-likeness (QED) is 0.896. The second-order valence-corrected chi connectivity index (χ2v) is 4.40. The predicted molar refractivity (Wildman–Crippen MR) is 72.5 cm³/mol. The highest BCUT2D eigenvalue weighted by molar-refractivity contribution is 5.92. The molecule has 0 fully saturated rings. The molecule has 3 nitrogen and oxygen atoms in total. The molecule has 0 atom stereocenters. The minimum Gasteiger partial charge on any atom is -0.324 e. The first-order chi connectivity index (χ1) is 8.65. The van der Waals surface area contributed by atoms with E-state index in [0.29, 0.717) is 6.42 Å². The molecule has 0 saturated carbocycles. The Morgan fingerprint density at radius 2 is 2.11 bits per heavy atom. The van der Waals surface area contributed by atoms with Crippen molar-refractivity contribution in [1.82, 2.24) is 4.98 Å². The Bertz CT molecular complexity index is 550. The van der Waals surface area contributed by atoms with Crippen LogP contribution in [0.25, 0.3) is 0 Å². The van der Waals surface area contributed by atoms with Crippen LogP contribution in [0.15, 0.2) is 42.7 Å². The number of rotatable bonds is 3. The number of benzene rings is 1. The van der Waals surface area contributed by atoms with E-state index in [1.165, 1.54) is 5.56 Å². The van der Waals surface area contributed by atoms with Crippen LogP contribution >= 0.6 is 0 Å². The van der Waals surface area contributed by atoms with Crippen molar-refractivity contribution >= 4 is 11.6 Å². The van der Waals surface area contributed by atoms with Gasteiger partial charge in [-0.3, -0.25) is 9.78 Å². The number of pyridine rings is 1. The van der Waals surface area contributed by atoms with E-state index in [4.69, 9.17) is 0 Å². The number of hydrogen-bond acceptors (Lipinski definition) is 2. The number of nitrogens with zero attached hydrogens (tertiary/aromatic N) is 1. The highest BCUT2D eigenvalue weighted by Gasteiger charge is 2.06. The van der Waals surface area contributed by atoms with Gasteiger partial charge in [-0.2, -0.15) is 0 Å². The number of nitrogens with one attached hydrogen (secondary N) is 1. The van der Waals surface area contributed by atoms with Crippen molar-refractivity contribution in [2.24, 2.45) is 0 Å². The third-order valence-corrected chi connectivity index (χ3v) is 2.79. The third kappa shape index (κ3) is 3.17. The summed E-state index contributed by atoms with van der Waals surface area (Å²) >= 11 is 0. The lowest BCUT2D eigenvalue weighted by atomic mass is 10.0. The van der Waals surface area contributed by atoms with Crippen LogP contribution < -0.4 is 5.32 Å². The Labute approximate surface area is 107 Å². The molecule has 0 bridgehead atoms. The summed E-state index contributed by atoms with van der Waals surface area (Å²) in [6.07, 6.45) is 3.71. The fourth-order valence-corrected chi connectivity index (χ4v) is 1.86. The number of hydrogen-bond donors (Lipinski definition) is 1. The van der Waals surface area contributed by atoms with E-state index in [1.54, 1.807) is 18.5 Å². The molecule has 0 aliphatic rings. The first-order valence-electron chi connectivity index (χ1n) is 5.91. The van der Waals surface area contributed by atoms with Gasteiger partial charge in [0.1, 0.15) is 0 Å². The molecule has 2 aromatic rings. The van der Waals surface area contributed by atoms with Gasteiger partial charge in [-0.15, -0.1) is 0 Å². The molecular formula is C15H16N2O. The van der Waals surface area contributed by atoms with E-state index < -0.39 is 0 Å². The average Bonchev–Trinajstić information content (AvgIpc) is 2.34. The van der Waals surface area contributed by atoms with Gasteiger partial charge in [-0.05, 0) is 37.1 Å². The molecule has 0 spiro atoms. The van der Waals surface area contributed by atoms with E-state index in [0.717, 1.165) is 16.8 Å². The fraction of sp³-hybridized carbons (Fsp3) is 0.200. The first kappa shape index (κ1) is 12.3.